The molecular formula is C23H21N5O4. The van der Waals surface area contributed by atoms with Crippen molar-refractivity contribution in [3.05, 3.63) is 82.8 Å². The third kappa shape index (κ3) is 4.89. The third-order valence-corrected chi connectivity index (χ3v) is 4.98. The first kappa shape index (κ1) is 21.0. The molecule has 0 saturated heterocycles. The summed E-state index contributed by atoms with van der Waals surface area (Å²) < 4.78 is 5.10. The number of ether oxygens (including phenoxy) is 1. The van der Waals surface area contributed by atoms with Crippen molar-refractivity contribution in [1.29, 1.82) is 0 Å². The van der Waals surface area contributed by atoms with E-state index in [1.54, 1.807) is 68.3 Å². The fraction of sp³-hybridized carbons (Fsp3) is 0.174. The molecule has 1 aliphatic rings. The molecule has 9 heteroatoms. The minimum absolute atomic E-state index is 0.248. The minimum Gasteiger partial charge on any atom is -0.481 e. The minimum atomic E-state index is -0.952. The smallest absolute Gasteiger partial charge is 0.335 e. The monoisotopic (exact) mass is 431 g/mol. The number of carboxylic acids is 1. The number of hydrogen-bond donors (Lipinski definition) is 2. The molecule has 2 aromatic heterocycles. The zero-order chi connectivity index (χ0) is 22.5. The first-order valence-electron chi connectivity index (χ1n) is 9.88. The summed E-state index contributed by atoms with van der Waals surface area (Å²) in [7, 11) is 1.54. The summed E-state index contributed by atoms with van der Waals surface area (Å²) >= 11 is 0. The second-order valence-corrected chi connectivity index (χ2v) is 7.24. The molecule has 1 aliphatic heterocycles. The number of benzene rings is 1. The molecule has 1 amide bonds. The summed E-state index contributed by atoms with van der Waals surface area (Å²) in [6.07, 6.45) is 4.94. The Morgan fingerprint density at radius 2 is 1.94 bits per heavy atom. The van der Waals surface area contributed by atoms with Gasteiger partial charge in [-0.25, -0.2) is 19.8 Å². The lowest BCUT2D eigenvalue weighted by atomic mass is 10.1. The highest BCUT2D eigenvalue weighted by atomic mass is 16.5. The maximum Gasteiger partial charge on any atom is 0.335 e. The van der Waals surface area contributed by atoms with E-state index in [0.29, 0.717) is 31.2 Å². The lowest BCUT2D eigenvalue weighted by molar-refractivity contribution is 0.0696. The molecule has 3 aromatic rings. The summed E-state index contributed by atoms with van der Waals surface area (Å²) in [4.78, 5) is 38.3. The van der Waals surface area contributed by atoms with Crippen LogP contribution in [-0.4, -0.2) is 45.3 Å². The first-order valence-corrected chi connectivity index (χ1v) is 9.88. The van der Waals surface area contributed by atoms with Gasteiger partial charge in [0.2, 0.25) is 5.88 Å². The number of aromatic nitrogens is 2. The van der Waals surface area contributed by atoms with Gasteiger partial charge in [0.15, 0.2) is 0 Å². The Labute approximate surface area is 184 Å². The Hall–Kier alpha value is -4.27. The van der Waals surface area contributed by atoms with Crippen LogP contribution in [-0.2, 0) is 19.6 Å². The average Bonchev–Trinajstić information content (AvgIpc) is 2.82. The summed E-state index contributed by atoms with van der Waals surface area (Å²) in [5, 5.41) is 11.9. The molecule has 0 spiro atoms. The van der Waals surface area contributed by atoms with E-state index in [0.717, 1.165) is 22.4 Å². The number of methoxy groups -OCH3 is 1. The van der Waals surface area contributed by atoms with Gasteiger partial charge in [-0.15, -0.1) is 0 Å². The number of pyridine rings is 2. The third-order valence-electron chi connectivity index (χ3n) is 4.98. The van der Waals surface area contributed by atoms with Crippen molar-refractivity contribution in [3.63, 3.8) is 0 Å². The van der Waals surface area contributed by atoms with Gasteiger partial charge in [-0.3, -0.25) is 4.79 Å². The Morgan fingerprint density at radius 1 is 1.12 bits per heavy atom. The van der Waals surface area contributed by atoms with E-state index in [1.807, 2.05) is 4.90 Å². The number of carboxylic acid groups (broad SMARTS) is 1. The summed E-state index contributed by atoms with van der Waals surface area (Å²) in [6.45, 7) is 1.45. The molecule has 0 unspecified atom stereocenters. The van der Waals surface area contributed by atoms with Crippen molar-refractivity contribution >= 4 is 23.9 Å². The van der Waals surface area contributed by atoms with Crippen molar-refractivity contribution in [2.24, 2.45) is 4.99 Å². The molecule has 162 valence electrons. The quantitative estimate of drug-likeness (QED) is 0.591. The van der Waals surface area contributed by atoms with Gasteiger partial charge < -0.3 is 20.1 Å². The highest BCUT2D eigenvalue weighted by Gasteiger charge is 2.16. The summed E-state index contributed by atoms with van der Waals surface area (Å²) in [5.74, 6) is -0.750. The van der Waals surface area contributed by atoms with E-state index in [-0.39, 0.29) is 11.5 Å². The number of aliphatic imine (C=N–C) groups is 1. The summed E-state index contributed by atoms with van der Waals surface area (Å²) in [6, 6.07) is 12.0. The fourth-order valence-corrected chi connectivity index (χ4v) is 3.29. The van der Waals surface area contributed by atoms with E-state index in [2.05, 4.69) is 20.3 Å². The normalized spacial score (nSPS) is 12.2. The second kappa shape index (κ2) is 9.25. The maximum atomic E-state index is 12.6. The van der Waals surface area contributed by atoms with Crippen molar-refractivity contribution in [2.45, 2.75) is 19.6 Å². The standard InChI is InChI=1S/C23H21N5O4/c1-32-21-8-16(6-7-24-21)10-26-22(29)19-9-18-13-28(14-27-20(18)11-25-19)12-15-2-4-17(5-3-15)23(30)31/h2-9,11,14H,10,12-13H2,1H3,(H,26,29)(H,30,31). The number of rotatable bonds is 7. The Kier molecular flexibility index (Phi) is 6.07. The van der Waals surface area contributed by atoms with Crippen molar-refractivity contribution in [2.75, 3.05) is 7.11 Å². The van der Waals surface area contributed by atoms with Crippen molar-refractivity contribution in [1.82, 2.24) is 20.2 Å². The highest BCUT2D eigenvalue weighted by molar-refractivity contribution is 5.92. The van der Waals surface area contributed by atoms with E-state index in [1.165, 1.54) is 0 Å². The maximum absolute atomic E-state index is 12.6. The second-order valence-electron chi connectivity index (χ2n) is 7.24. The fourth-order valence-electron chi connectivity index (χ4n) is 3.29. The van der Waals surface area contributed by atoms with Crippen LogP contribution in [0.25, 0.3) is 0 Å². The van der Waals surface area contributed by atoms with Gasteiger partial charge in [-0.1, -0.05) is 12.1 Å². The predicted molar refractivity (Wildman–Crippen MR) is 117 cm³/mol. The lowest BCUT2D eigenvalue weighted by Crippen LogP contribution is -2.26. The lowest BCUT2D eigenvalue weighted by Gasteiger charge is -2.24. The van der Waals surface area contributed by atoms with Crippen LogP contribution in [0.15, 0.2) is 59.9 Å². The Balaban J connectivity index is 1.40. The van der Waals surface area contributed by atoms with Gasteiger partial charge in [0, 0.05) is 37.5 Å². The van der Waals surface area contributed by atoms with E-state index in [9.17, 15) is 9.59 Å². The molecule has 0 radical (unpaired) electrons. The molecule has 0 aliphatic carbocycles. The van der Waals surface area contributed by atoms with Gasteiger partial charge in [0.25, 0.3) is 5.91 Å². The Morgan fingerprint density at radius 3 is 2.69 bits per heavy atom. The SMILES string of the molecule is COc1cc(CNC(=O)c2cc3c(cn2)N=CN(Cc2ccc(C(=O)O)cc2)C3)ccn1. The molecule has 0 bridgehead atoms. The van der Waals surface area contributed by atoms with E-state index < -0.39 is 5.97 Å². The zero-order valence-electron chi connectivity index (χ0n) is 17.4. The van der Waals surface area contributed by atoms with E-state index >= 15 is 0 Å². The van der Waals surface area contributed by atoms with Gasteiger partial charge >= 0.3 is 5.97 Å². The number of nitrogens with one attached hydrogen (secondary N) is 1. The molecule has 2 N–H and O–H groups in total. The number of nitrogens with zero attached hydrogens (tertiary/aromatic N) is 4. The molecular weight excluding hydrogens is 410 g/mol. The molecule has 0 atom stereocenters. The topological polar surface area (TPSA) is 117 Å². The highest BCUT2D eigenvalue weighted by Crippen LogP contribution is 2.25. The van der Waals surface area contributed by atoms with Crippen LogP contribution in [0, 0.1) is 0 Å². The van der Waals surface area contributed by atoms with Crippen LogP contribution in [0.3, 0.4) is 0 Å². The molecule has 0 saturated carbocycles. The van der Waals surface area contributed by atoms with E-state index in [4.69, 9.17) is 9.84 Å². The van der Waals surface area contributed by atoms with Gasteiger partial charge in [0.05, 0.1) is 30.9 Å². The van der Waals surface area contributed by atoms with Crippen LogP contribution in [0.5, 0.6) is 5.88 Å². The van der Waals surface area contributed by atoms with Crippen LogP contribution in [0.2, 0.25) is 0 Å². The number of amides is 1. The van der Waals surface area contributed by atoms with Gasteiger partial charge in [0.1, 0.15) is 5.69 Å². The zero-order valence-corrected chi connectivity index (χ0v) is 17.4. The molecule has 4 rings (SSSR count). The summed E-state index contributed by atoms with van der Waals surface area (Å²) in [5.41, 5.74) is 4.00. The van der Waals surface area contributed by atoms with Crippen LogP contribution in [0.1, 0.15) is 37.5 Å². The largest absolute Gasteiger partial charge is 0.481 e. The van der Waals surface area contributed by atoms with Crippen LogP contribution >= 0.6 is 0 Å². The number of hydrogen-bond acceptors (Lipinski definition) is 7. The number of carbonyl (C=O) groups is 2. The number of carbonyl (C=O) groups excluding carboxylic acids is 1. The molecule has 3 heterocycles. The molecule has 1 aromatic carbocycles. The molecule has 9 nitrogen and oxygen atoms in total. The number of fused-ring (bicyclic) bond motifs is 1. The van der Waals surface area contributed by atoms with Crippen LogP contribution in [0.4, 0.5) is 5.69 Å². The van der Waals surface area contributed by atoms with Gasteiger partial charge in [-0.2, -0.15) is 0 Å². The molecule has 32 heavy (non-hydrogen) atoms. The van der Waals surface area contributed by atoms with Crippen LogP contribution < -0.4 is 10.1 Å². The molecule has 0 fully saturated rings. The van der Waals surface area contributed by atoms with Crippen molar-refractivity contribution in [3.8, 4) is 5.88 Å². The number of aromatic carboxylic acids is 1. The Bertz CT molecular complexity index is 1180. The predicted octanol–water partition coefficient (Wildman–Crippen LogP) is 2.79. The average molecular weight is 431 g/mol. The van der Waals surface area contributed by atoms with Crippen molar-refractivity contribution < 1.29 is 19.4 Å². The van der Waals surface area contributed by atoms with Gasteiger partial charge in [-0.05, 0) is 35.4 Å². The first-order chi connectivity index (χ1) is 15.5.